The molecule has 0 aromatic carbocycles. The first-order chi connectivity index (χ1) is 14.9. The Morgan fingerprint density at radius 2 is 2.00 bits per heavy atom. The van der Waals surface area contributed by atoms with Gasteiger partial charge in [0.1, 0.15) is 0 Å². The van der Waals surface area contributed by atoms with E-state index in [2.05, 4.69) is 45.9 Å². The average molecular weight is 426 g/mol. The van der Waals surface area contributed by atoms with Crippen LogP contribution in [0.25, 0.3) is 0 Å². The smallest absolute Gasteiger partial charge is 0.258 e. The van der Waals surface area contributed by atoms with Gasteiger partial charge in [0, 0.05) is 13.5 Å². The van der Waals surface area contributed by atoms with E-state index in [9.17, 15) is 0 Å². The molecule has 1 fully saturated rings. The van der Waals surface area contributed by atoms with Crippen LogP contribution >= 0.6 is 0 Å². The molecule has 0 N–H and O–H groups in total. The van der Waals surface area contributed by atoms with Crippen LogP contribution in [0.1, 0.15) is 72.6 Å². The van der Waals surface area contributed by atoms with Crippen molar-refractivity contribution in [2.75, 3.05) is 13.7 Å². The summed E-state index contributed by atoms with van der Waals surface area (Å²) in [5.74, 6) is 3.44. The predicted octanol–water partition coefficient (Wildman–Crippen LogP) is 6.20. The second kappa shape index (κ2) is 7.88. The molecule has 170 valence electrons. The minimum Gasteiger partial charge on any atom is -0.495 e. The van der Waals surface area contributed by atoms with Crippen LogP contribution in [0.5, 0.6) is 0 Å². The van der Waals surface area contributed by atoms with Crippen molar-refractivity contribution in [3.63, 3.8) is 0 Å². The highest BCUT2D eigenvalue weighted by Gasteiger charge is 2.57. The Hall–Kier alpha value is -1.39. The van der Waals surface area contributed by atoms with E-state index in [1.807, 2.05) is 0 Å². The minimum atomic E-state index is -0.421. The molecule has 1 aliphatic heterocycles. The largest absolute Gasteiger partial charge is 0.495 e. The first-order valence-electron chi connectivity index (χ1n) is 12.4. The van der Waals surface area contributed by atoms with E-state index in [0.717, 1.165) is 30.4 Å². The predicted molar refractivity (Wildman–Crippen MR) is 124 cm³/mol. The first kappa shape index (κ1) is 21.5. The van der Waals surface area contributed by atoms with Crippen molar-refractivity contribution < 1.29 is 14.2 Å². The highest BCUT2D eigenvalue weighted by Crippen LogP contribution is 2.64. The fraction of sp³-hybridized carbons (Fsp3) is 0.741. The lowest BCUT2D eigenvalue weighted by Crippen LogP contribution is -2.49. The molecule has 1 heterocycles. The Balaban J connectivity index is 1.38. The van der Waals surface area contributed by atoms with Crippen LogP contribution in [0.3, 0.4) is 0 Å². The van der Waals surface area contributed by atoms with Crippen molar-refractivity contribution in [3.8, 4) is 0 Å². The Kier molecular flexibility index (Phi) is 5.45. The molecule has 31 heavy (non-hydrogen) atoms. The number of ether oxygens (including phenoxy) is 3. The summed E-state index contributed by atoms with van der Waals surface area (Å²) in [7, 11) is 1.67. The van der Waals surface area contributed by atoms with Crippen molar-refractivity contribution in [1.82, 2.24) is 0 Å². The molecule has 4 nitrogen and oxygen atoms in total. The van der Waals surface area contributed by atoms with Gasteiger partial charge in [0.2, 0.25) is 0 Å². The van der Waals surface area contributed by atoms with Crippen LogP contribution in [0, 0.1) is 28.6 Å². The zero-order valence-corrected chi connectivity index (χ0v) is 19.9. The van der Waals surface area contributed by atoms with Crippen LogP contribution < -0.4 is 0 Å². The van der Waals surface area contributed by atoms with Gasteiger partial charge in [0.05, 0.1) is 24.2 Å². The summed E-state index contributed by atoms with van der Waals surface area (Å²) >= 11 is 0. The van der Waals surface area contributed by atoms with Gasteiger partial charge in [-0.25, -0.2) is 4.99 Å². The van der Waals surface area contributed by atoms with Gasteiger partial charge in [0.25, 0.3) is 6.41 Å². The highest BCUT2D eigenvalue weighted by atomic mass is 16.7. The maximum Gasteiger partial charge on any atom is 0.258 e. The van der Waals surface area contributed by atoms with E-state index in [4.69, 9.17) is 19.2 Å². The fourth-order valence-corrected chi connectivity index (χ4v) is 7.37. The minimum absolute atomic E-state index is 0.225. The van der Waals surface area contributed by atoms with E-state index >= 15 is 0 Å². The van der Waals surface area contributed by atoms with Crippen molar-refractivity contribution >= 4 is 5.71 Å². The van der Waals surface area contributed by atoms with Crippen molar-refractivity contribution in [2.45, 2.75) is 85.2 Å². The van der Waals surface area contributed by atoms with Gasteiger partial charge >= 0.3 is 0 Å². The number of hydrogen-bond donors (Lipinski definition) is 0. The molecule has 0 amide bonds. The summed E-state index contributed by atoms with van der Waals surface area (Å²) in [6, 6.07) is 0. The molecule has 0 radical (unpaired) electrons. The molecule has 2 unspecified atom stereocenters. The Bertz CT molecular complexity index is 855. The molecule has 0 spiro atoms. The monoisotopic (exact) mass is 425 g/mol. The molecule has 1 saturated carbocycles. The Labute approximate surface area is 187 Å². The lowest BCUT2D eigenvalue weighted by molar-refractivity contribution is -0.0915. The number of fused-ring (bicyclic) bond motifs is 5. The Morgan fingerprint density at radius 1 is 1.16 bits per heavy atom. The highest BCUT2D eigenvalue weighted by molar-refractivity contribution is 6.03. The van der Waals surface area contributed by atoms with Gasteiger partial charge in [-0.05, 0) is 91.3 Å². The van der Waals surface area contributed by atoms with E-state index in [1.165, 1.54) is 43.4 Å². The topological polar surface area (TPSA) is 40.0 Å². The lowest BCUT2D eigenvalue weighted by atomic mass is 9.48. The molecule has 7 atom stereocenters. The second-order valence-corrected chi connectivity index (χ2v) is 10.9. The number of nitrogens with zero attached hydrogens (tertiary/aromatic N) is 1. The number of allylic oxidation sites excluding steroid dienone is 5. The van der Waals surface area contributed by atoms with Crippen molar-refractivity contribution in [1.29, 1.82) is 0 Å². The van der Waals surface area contributed by atoms with Gasteiger partial charge < -0.3 is 14.2 Å². The second-order valence-electron chi connectivity index (χ2n) is 10.9. The summed E-state index contributed by atoms with van der Waals surface area (Å²) in [6.45, 7) is 10.0. The van der Waals surface area contributed by atoms with E-state index in [1.54, 1.807) is 12.7 Å². The van der Waals surface area contributed by atoms with Crippen LogP contribution in [0.2, 0.25) is 0 Å². The third-order valence-corrected chi connectivity index (χ3v) is 9.38. The fourth-order valence-electron chi connectivity index (χ4n) is 7.37. The SMILES string of the molecule is CCC(C)OC1=CC2=CC[C@@H]3[C@H](CC[C@]4(C)C(C5=NC(OC)OC5)=CC[C@@H]34)[C@@]2(C)CC1. The third-order valence-electron chi connectivity index (χ3n) is 9.38. The average Bonchev–Trinajstić information content (AvgIpc) is 3.37. The number of aliphatic imine (C=N–C) groups is 1. The number of rotatable bonds is 5. The lowest BCUT2D eigenvalue weighted by Gasteiger charge is -2.56. The van der Waals surface area contributed by atoms with E-state index in [0.29, 0.717) is 24.0 Å². The summed E-state index contributed by atoms with van der Waals surface area (Å²) in [4.78, 5) is 4.72. The molecule has 5 rings (SSSR count). The molecule has 5 aliphatic rings. The number of hydrogen-bond acceptors (Lipinski definition) is 4. The zero-order valence-electron chi connectivity index (χ0n) is 19.9. The molecule has 4 aliphatic carbocycles. The molecule has 0 saturated heterocycles. The third kappa shape index (κ3) is 3.36. The van der Waals surface area contributed by atoms with Gasteiger partial charge in [0.15, 0.2) is 0 Å². The standard InChI is InChI=1S/C27H39NO3/c1-6-17(2)31-19-11-13-26(3)18(15-19)7-8-20-21-9-10-23(24-16-30-25(28-24)29-5)27(21,4)14-12-22(20)26/h7,10,15,17,20-22,25H,6,8-9,11-14,16H2,1-5H3/t17?,20-,21-,22-,25?,26-,27-/m0/s1. The molecular weight excluding hydrogens is 386 g/mol. The maximum absolute atomic E-state index is 6.22. The van der Waals surface area contributed by atoms with Gasteiger partial charge in [-0.3, -0.25) is 0 Å². The van der Waals surface area contributed by atoms with Crippen molar-refractivity contribution in [2.24, 2.45) is 33.6 Å². The zero-order chi connectivity index (χ0) is 21.8. The molecule has 0 bridgehead atoms. The summed E-state index contributed by atoms with van der Waals surface area (Å²) in [6.07, 6.45) is 15.6. The molecule has 0 aromatic heterocycles. The molecular formula is C27H39NO3. The molecule has 0 aromatic rings. The van der Waals surface area contributed by atoms with Gasteiger partial charge in [-0.2, -0.15) is 0 Å². The van der Waals surface area contributed by atoms with E-state index < -0.39 is 6.41 Å². The normalized spacial score (nSPS) is 42.5. The quantitative estimate of drug-likeness (QED) is 0.527. The van der Waals surface area contributed by atoms with Crippen molar-refractivity contribution in [3.05, 3.63) is 35.1 Å². The van der Waals surface area contributed by atoms with Gasteiger partial charge in [-0.15, -0.1) is 0 Å². The first-order valence-corrected chi connectivity index (χ1v) is 12.4. The summed E-state index contributed by atoms with van der Waals surface area (Å²) in [5, 5.41) is 0. The maximum atomic E-state index is 6.22. The van der Waals surface area contributed by atoms with Gasteiger partial charge in [-0.1, -0.05) is 32.9 Å². The van der Waals surface area contributed by atoms with Crippen LogP contribution in [0.15, 0.2) is 40.1 Å². The number of methoxy groups -OCH3 is 1. The summed E-state index contributed by atoms with van der Waals surface area (Å²) < 4.78 is 17.2. The van der Waals surface area contributed by atoms with E-state index in [-0.39, 0.29) is 5.41 Å². The Morgan fingerprint density at radius 3 is 2.74 bits per heavy atom. The van der Waals surface area contributed by atoms with Crippen LogP contribution in [0.4, 0.5) is 0 Å². The van der Waals surface area contributed by atoms with Crippen LogP contribution in [-0.4, -0.2) is 31.9 Å². The summed E-state index contributed by atoms with van der Waals surface area (Å²) in [5.41, 5.74) is 4.64. The van der Waals surface area contributed by atoms with Crippen LogP contribution in [-0.2, 0) is 14.2 Å². The molecule has 4 heteroatoms.